The van der Waals surface area contributed by atoms with Crippen LogP contribution in [0.4, 0.5) is 0 Å². The van der Waals surface area contributed by atoms with Crippen molar-refractivity contribution >= 4 is 5.97 Å². The Labute approximate surface area is 83.8 Å². The molecule has 0 radical (unpaired) electrons. The van der Waals surface area contributed by atoms with Gasteiger partial charge in [-0.1, -0.05) is 12.2 Å². The van der Waals surface area contributed by atoms with Crippen LogP contribution in [0.15, 0.2) is 12.2 Å². The fourth-order valence-corrected chi connectivity index (χ4v) is 2.02. The van der Waals surface area contributed by atoms with Crippen LogP contribution in [-0.4, -0.2) is 23.8 Å². The van der Waals surface area contributed by atoms with Gasteiger partial charge in [-0.25, -0.2) is 0 Å². The average Bonchev–Trinajstić information content (AvgIpc) is 2.90. The van der Waals surface area contributed by atoms with E-state index in [1.54, 1.807) is 0 Å². The lowest BCUT2D eigenvalue weighted by Gasteiger charge is -2.17. The summed E-state index contributed by atoms with van der Waals surface area (Å²) in [6.07, 6.45) is 7.24. The van der Waals surface area contributed by atoms with Crippen molar-refractivity contribution in [1.82, 2.24) is 0 Å². The summed E-state index contributed by atoms with van der Waals surface area (Å²) in [5.41, 5.74) is 0. The standard InChI is InChI=1S/C11H16O3/c12-7-8-6-9(8)10-4-2-1-3-5-11(13)14-10/h1-2,8-10,12H,3-7H2/b2-1-. The zero-order valence-corrected chi connectivity index (χ0v) is 8.19. The Hall–Kier alpha value is -0.830. The number of aliphatic hydroxyl groups excluding tert-OH is 1. The van der Waals surface area contributed by atoms with E-state index in [2.05, 4.69) is 6.08 Å². The van der Waals surface area contributed by atoms with Crippen molar-refractivity contribution in [3.05, 3.63) is 12.2 Å². The van der Waals surface area contributed by atoms with Gasteiger partial charge in [-0.05, 0) is 18.8 Å². The van der Waals surface area contributed by atoms with Gasteiger partial charge in [0.1, 0.15) is 6.10 Å². The van der Waals surface area contributed by atoms with Gasteiger partial charge in [-0.15, -0.1) is 0 Å². The fourth-order valence-electron chi connectivity index (χ4n) is 2.02. The zero-order valence-electron chi connectivity index (χ0n) is 8.19. The lowest BCUT2D eigenvalue weighted by molar-refractivity contribution is -0.150. The van der Waals surface area contributed by atoms with Crippen molar-refractivity contribution in [1.29, 1.82) is 0 Å². The van der Waals surface area contributed by atoms with Gasteiger partial charge in [0.05, 0.1) is 0 Å². The topological polar surface area (TPSA) is 46.5 Å². The van der Waals surface area contributed by atoms with Gasteiger partial charge in [0.2, 0.25) is 0 Å². The summed E-state index contributed by atoms with van der Waals surface area (Å²) < 4.78 is 5.35. The number of hydrogen-bond acceptors (Lipinski definition) is 3. The molecule has 3 nitrogen and oxygen atoms in total. The SMILES string of the molecule is O=C1CC/C=C\CC(C2CC2CO)O1. The predicted molar refractivity (Wildman–Crippen MR) is 51.6 cm³/mol. The molecule has 2 aliphatic rings. The molecule has 1 aliphatic carbocycles. The van der Waals surface area contributed by atoms with Crippen molar-refractivity contribution in [3.63, 3.8) is 0 Å². The maximum absolute atomic E-state index is 11.3. The Balaban J connectivity index is 1.93. The largest absolute Gasteiger partial charge is 0.462 e. The molecule has 1 heterocycles. The number of carbonyl (C=O) groups is 1. The minimum Gasteiger partial charge on any atom is -0.462 e. The lowest BCUT2D eigenvalue weighted by Crippen LogP contribution is -2.21. The third-order valence-electron chi connectivity index (χ3n) is 3.02. The molecule has 0 bridgehead atoms. The van der Waals surface area contributed by atoms with E-state index in [1.165, 1.54) is 0 Å². The number of ether oxygens (including phenoxy) is 1. The van der Waals surface area contributed by atoms with Crippen LogP contribution in [0.2, 0.25) is 0 Å². The molecule has 78 valence electrons. The minimum atomic E-state index is -0.0945. The van der Waals surface area contributed by atoms with Crippen LogP contribution < -0.4 is 0 Å². The summed E-state index contributed by atoms with van der Waals surface area (Å²) in [5, 5.41) is 8.94. The van der Waals surface area contributed by atoms with Gasteiger partial charge in [-0.2, -0.15) is 0 Å². The van der Waals surface area contributed by atoms with Crippen LogP contribution in [0.1, 0.15) is 25.7 Å². The van der Waals surface area contributed by atoms with Gasteiger partial charge < -0.3 is 9.84 Å². The quantitative estimate of drug-likeness (QED) is 0.534. The molecule has 1 fully saturated rings. The molecule has 1 aliphatic heterocycles. The molecule has 3 unspecified atom stereocenters. The number of esters is 1. The third-order valence-corrected chi connectivity index (χ3v) is 3.02. The summed E-state index contributed by atoms with van der Waals surface area (Å²) in [6, 6.07) is 0. The smallest absolute Gasteiger partial charge is 0.306 e. The van der Waals surface area contributed by atoms with Gasteiger partial charge >= 0.3 is 5.97 Å². The Morgan fingerprint density at radius 2 is 2.36 bits per heavy atom. The maximum Gasteiger partial charge on any atom is 0.306 e. The molecule has 14 heavy (non-hydrogen) atoms. The first-order valence-electron chi connectivity index (χ1n) is 5.26. The molecule has 3 atom stereocenters. The first kappa shape index (κ1) is 9.71. The van der Waals surface area contributed by atoms with Crippen LogP contribution in [0.3, 0.4) is 0 Å². The van der Waals surface area contributed by atoms with Crippen LogP contribution >= 0.6 is 0 Å². The highest BCUT2D eigenvalue weighted by Crippen LogP contribution is 2.43. The van der Waals surface area contributed by atoms with Gasteiger partial charge in [0.25, 0.3) is 0 Å². The maximum atomic E-state index is 11.3. The van der Waals surface area contributed by atoms with Crippen LogP contribution in [0, 0.1) is 11.8 Å². The monoisotopic (exact) mass is 196 g/mol. The molecule has 2 rings (SSSR count). The Morgan fingerprint density at radius 3 is 3.07 bits per heavy atom. The van der Waals surface area contributed by atoms with E-state index in [0.29, 0.717) is 18.3 Å². The summed E-state index contributed by atoms with van der Waals surface area (Å²) in [5.74, 6) is 0.662. The van der Waals surface area contributed by atoms with Gasteiger partial charge in [0.15, 0.2) is 0 Å². The number of aliphatic hydroxyl groups is 1. The molecule has 0 amide bonds. The van der Waals surface area contributed by atoms with Crippen molar-refractivity contribution < 1.29 is 14.6 Å². The second kappa shape index (κ2) is 4.13. The highest BCUT2D eigenvalue weighted by atomic mass is 16.5. The first-order valence-corrected chi connectivity index (χ1v) is 5.26. The summed E-state index contributed by atoms with van der Waals surface area (Å²) >= 11 is 0. The molecule has 0 aromatic carbocycles. The Morgan fingerprint density at radius 1 is 1.50 bits per heavy atom. The van der Waals surface area contributed by atoms with Crippen molar-refractivity contribution in [2.75, 3.05) is 6.61 Å². The number of carbonyl (C=O) groups excluding carboxylic acids is 1. The number of rotatable bonds is 2. The summed E-state index contributed by atoms with van der Waals surface area (Å²) in [7, 11) is 0. The van der Waals surface area contributed by atoms with E-state index in [9.17, 15) is 4.79 Å². The molecular weight excluding hydrogens is 180 g/mol. The summed E-state index contributed by atoms with van der Waals surface area (Å²) in [4.78, 5) is 11.3. The minimum absolute atomic E-state index is 0.0104. The average molecular weight is 196 g/mol. The Bertz CT molecular complexity index is 247. The molecule has 0 saturated heterocycles. The molecule has 1 N–H and O–H groups in total. The predicted octanol–water partition coefficient (Wildman–Crippen LogP) is 1.27. The van der Waals surface area contributed by atoms with E-state index in [0.717, 1.165) is 19.3 Å². The molecule has 0 aromatic heterocycles. The van der Waals surface area contributed by atoms with E-state index in [-0.39, 0.29) is 18.7 Å². The van der Waals surface area contributed by atoms with Gasteiger partial charge in [-0.3, -0.25) is 4.79 Å². The molecular formula is C11H16O3. The second-order valence-electron chi connectivity index (χ2n) is 4.12. The molecule has 0 spiro atoms. The highest BCUT2D eigenvalue weighted by Gasteiger charge is 2.43. The van der Waals surface area contributed by atoms with E-state index < -0.39 is 0 Å². The van der Waals surface area contributed by atoms with E-state index in [4.69, 9.17) is 9.84 Å². The number of hydrogen-bond donors (Lipinski definition) is 1. The van der Waals surface area contributed by atoms with Gasteiger partial charge in [0, 0.05) is 25.4 Å². The fraction of sp³-hybridized carbons (Fsp3) is 0.727. The van der Waals surface area contributed by atoms with Crippen molar-refractivity contribution in [3.8, 4) is 0 Å². The van der Waals surface area contributed by atoms with Crippen LogP contribution in [-0.2, 0) is 9.53 Å². The second-order valence-corrected chi connectivity index (χ2v) is 4.12. The molecule has 1 saturated carbocycles. The van der Waals surface area contributed by atoms with E-state index in [1.807, 2.05) is 6.08 Å². The van der Waals surface area contributed by atoms with Crippen molar-refractivity contribution in [2.45, 2.75) is 31.8 Å². The summed E-state index contributed by atoms with van der Waals surface area (Å²) in [6.45, 7) is 0.225. The number of cyclic esters (lactones) is 1. The zero-order chi connectivity index (χ0) is 9.97. The van der Waals surface area contributed by atoms with Crippen LogP contribution in [0.5, 0.6) is 0 Å². The normalized spacial score (nSPS) is 39.5. The molecule has 0 aromatic rings. The highest BCUT2D eigenvalue weighted by molar-refractivity contribution is 5.70. The van der Waals surface area contributed by atoms with Crippen molar-refractivity contribution in [2.24, 2.45) is 11.8 Å². The Kier molecular flexibility index (Phi) is 2.87. The van der Waals surface area contributed by atoms with E-state index >= 15 is 0 Å². The molecule has 3 heteroatoms. The number of allylic oxidation sites excluding steroid dienone is 1. The van der Waals surface area contributed by atoms with Crippen LogP contribution in [0.25, 0.3) is 0 Å². The first-order chi connectivity index (χ1) is 6.81. The lowest BCUT2D eigenvalue weighted by atomic mass is 10.1. The third kappa shape index (κ3) is 2.15.